The monoisotopic (exact) mass is 266 g/mol. The van der Waals surface area contributed by atoms with E-state index >= 15 is 0 Å². The molecule has 1 aromatic carbocycles. The van der Waals surface area contributed by atoms with Crippen LogP contribution in [0.2, 0.25) is 0 Å². The number of aliphatic hydroxyl groups excluding tert-OH is 1. The van der Waals surface area contributed by atoms with E-state index in [0.29, 0.717) is 6.42 Å². The average molecular weight is 267 g/mol. The lowest BCUT2D eigenvalue weighted by Gasteiger charge is -2.19. The number of hydrogen-bond acceptors (Lipinski definition) is 2. The van der Waals surface area contributed by atoms with E-state index in [9.17, 15) is 5.11 Å². The Morgan fingerprint density at radius 3 is 3.20 bits per heavy atom. The highest BCUT2D eigenvalue weighted by molar-refractivity contribution is 9.10. The third-order valence-electron chi connectivity index (χ3n) is 2.91. The Morgan fingerprint density at radius 2 is 2.33 bits per heavy atom. The highest BCUT2D eigenvalue weighted by Crippen LogP contribution is 2.27. The molecular formula is C11H11BrN2O. The van der Waals surface area contributed by atoms with Crippen LogP contribution in [0.15, 0.2) is 22.7 Å². The van der Waals surface area contributed by atoms with Gasteiger partial charge in [0, 0.05) is 17.4 Å². The Balaban J connectivity index is 2.27. The highest BCUT2D eigenvalue weighted by atomic mass is 79.9. The highest BCUT2D eigenvalue weighted by Gasteiger charge is 2.20. The van der Waals surface area contributed by atoms with Gasteiger partial charge >= 0.3 is 0 Å². The van der Waals surface area contributed by atoms with Gasteiger partial charge in [-0.25, -0.2) is 4.98 Å². The lowest BCUT2D eigenvalue weighted by Crippen LogP contribution is -2.23. The van der Waals surface area contributed by atoms with Gasteiger partial charge in [0.25, 0.3) is 0 Å². The zero-order valence-corrected chi connectivity index (χ0v) is 9.74. The number of hydrogen-bond donors (Lipinski definition) is 1. The second kappa shape index (κ2) is 3.32. The molecule has 1 N–H and O–H groups in total. The molecule has 0 spiro atoms. The molecule has 0 aliphatic carbocycles. The second-order valence-electron chi connectivity index (χ2n) is 3.93. The van der Waals surface area contributed by atoms with Crippen LogP contribution in [-0.2, 0) is 13.0 Å². The van der Waals surface area contributed by atoms with Crippen molar-refractivity contribution in [3.05, 3.63) is 28.5 Å². The smallest absolute Gasteiger partial charge is 0.112 e. The fourth-order valence-corrected chi connectivity index (χ4v) is 2.60. The fraction of sp³-hybridized carbons (Fsp3) is 0.364. The van der Waals surface area contributed by atoms with Crippen molar-refractivity contribution in [2.24, 2.45) is 0 Å². The number of aryl methyl sites for hydroxylation is 1. The van der Waals surface area contributed by atoms with Crippen molar-refractivity contribution in [2.45, 2.75) is 25.5 Å². The summed E-state index contributed by atoms with van der Waals surface area (Å²) in [6.07, 6.45) is 1.26. The van der Waals surface area contributed by atoms with Crippen molar-refractivity contribution in [1.29, 1.82) is 0 Å². The maximum absolute atomic E-state index is 9.59. The maximum atomic E-state index is 9.59. The molecule has 1 aromatic heterocycles. The van der Waals surface area contributed by atoms with Crippen molar-refractivity contribution in [3.63, 3.8) is 0 Å². The number of rotatable bonds is 0. The molecule has 1 aliphatic rings. The van der Waals surface area contributed by atoms with E-state index in [0.717, 1.165) is 34.3 Å². The normalized spacial score (nSPS) is 20.5. The lowest BCUT2D eigenvalue weighted by molar-refractivity contribution is 0.142. The molecule has 0 bridgehead atoms. The zero-order chi connectivity index (χ0) is 10.4. The Morgan fingerprint density at radius 1 is 1.47 bits per heavy atom. The third-order valence-corrected chi connectivity index (χ3v) is 3.55. The number of aromatic nitrogens is 2. The molecule has 0 saturated heterocycles. The number of fused-ring (bicyclic) bond motifs is 3. The van der Waals surface area contributed by atoms with Crippen molar-refractivity contribution in [3.8, 4) is 0 Å². The van der Waals surface area contributed by atoms with E-state index in [1.165, 1.54) is 0 Å². The van der Waals surface area contributed by atoms with Crippen molar-refractivity contribution < 1.29 is 5.11 Å². The summed E-state index contributed by atoms with van der Waals surface area (Å²) in [5.74, 6) is 0.996. The summed E-state index contributed by atoms with van der Waals surface area (Å²) in [6, 6.07) is 6.10. The minimum Gasteiger partial charge on any atom is -0.393 e. The molecule has 3 rings (SSSR count). The average Bonchev–Trinajstić information content (AvgIpc) is 2.57. The number of nitrogens with zero attached hydrogens (tertiary/aromatic N) is 2. The Hall–Kier alpha value is -0.870. The largest absolute Gasteiger partial charge is 0.393 e. The predicted octanol–water partition coefficient (Wildman–Crippen LogP) is 2.11. The molecule has 0 saturated carbocycles. The summed E-state index contributed by atoms with van der Waals surface area (Å²) >= 11 is 3.50. The van der Waals surface area contributed by atoms with Crippen LogP contribution in [0.25, 0.3) is 11.0 Å². The molecule has 0 radical (unpaired) electrons. The van der Waals surface area contributed by atoms with Gasteiger partial charge in [-0.2, -0.15) is 0 Å². The Labute approximate surface area is 95.9 Å². The van der Waals surface area contributed by atoms with Gasteiger partial charge in [-0.05, 0) is 34.5 Å². The second-order valence-corrected chi connectivity index (χ2v) is 4.79. The predicted molar refractivity (Wildman–Crippen MR) is 61.8 cm³/mol. The summed E-state index contributed by atoms with van der Waals surface area (Å²) < 4.78 is 3.23. The first-order valence-corrected chi connectivity index (χ1v) is 5.86. The van der Waals surface area contributed by atoms with Crippen molar-refractivity contribution in [2.75, 3.05) is 0 Å². The van der Waals surface area contributed by atoms with E-state index in [2.05, 4.69) is 31.5 Å². The zero-order valence-electron chi connectivity index (χ0n) is 8.15. The summed E-state index contributed by atoms with van der Waals surface area (Å²) in [7, 11) is 0. The molecule has 1 aliphatic heterocycles. The van der Waals surface area contributed by atoms with Gasteiger partial charge in [0.2, 0.25) is 0 Å². The van der Waals surface area contributed by atoms with Gasteiger partial charge in [0.1, 0.15) is 11.3 Å². The maximum Gasteiger partial charge on any atom is 0.112 e. The number of para-hydroxylation sites is 1. The third kappa shape index (κ3) is 1.40. The number of benzene rings is 1. The summed E-state index contributed by atoms with van der Waals surface area (Å²) in [5, 5.41) is 9.59. The van der Waals surface area contributed by atoms with Gasteiger partial charge in [-0.15, -0.1) is 0 Å². The van der Waals surface area contributed by atoms with Crippen molar-refractivity contribution in [1.82, 2.24) is 9.55 Å². The minimum atomic E-state index is -0.229. The van der Waals surface area contributed by atoms with Gasteiger partial charge in [-0.1, -0.05) is 6.07 Å². The van der Waals surface area contributed by atoms with Crippen LogP contribution in [0.1, 0.15) is 12.2 Å². The van der Waals surface area contributed by atoms with Crippen LogP contribution in [-0.4, -0.2) is 20.8 Å². The number of imidazole rings is 1. The van der Waals surface area contributed by atoms with Crippen LogP contribution < -0.4 is 0 Å². The Kier molecular flexibility index (Phi) is 2.07. The molecule has 2 heterocycles. The molecule has 78 valence electrons. The SMILES string of the molecule is OC1CCn2c(nc3c(Br)cccc32)C1. The van der Waals surface area contributed by atoms with Crippen LogP contribution in [0.5, 0.6) is 0 Å². The van der Waals surface area contributed by atoms with Gasteiger partial charge in [0.15, 0.2) is 0 Å². The summed E-state index contributed by atoms with van der Waals surface area (Å²) in [6.45, 7) is 0.865. The summed E-state index contributed by atoms with van der Waals surface area (Å²) in [5.41, 5.74) is 2.16. The lowest BCUT2D eigenvalue weighted by atomic mass is 10.1. The number of aliphatic hydroxyl groups is 1. The van der Waals surface area contributed by atoms with Crippen LogP contribution >= 0.6 is 15.9 Å². The standard InChI is InChI=1S/C11H11BrN2O/c12-8-2-1-3-9-11(8)13-10-6-7(15)4-5-14(9)10/h1-3,7,15H,4-6H2. The summed E-state index contributed by atoms with van der Waals surface area (Å²) in [4.78, 5) is 4.56. The fourth-order valence-electron chi connectivity index (χ4n) is 2.16. The topological polar surface area (TPSA) is 38.0 Å². The van der Waals surface area contributed by atoms with E-state index in [-0.39, 0.29) is 6.10 Å². The molecular weight excluding hydrogens is 256 g/mol. The van der Waals surface area contributed by atoms with Gasteiger partial charge < -0.3 is 9.67 Å². The molecule has 1 atom stereocenters. The number of halogens is 1. The van der Waals surface area contributed by atoms with E-state index < -0.39 is 0 Å². The molecule has 4 heteroatoms. The first kappa shape index (κ1) is 9.36. The molecule has 0 fully saturated rings. The van der Waals surface area contributed by atoms with E-state index in [1.807, 2.05) is 12.1 Å². The minimum absolute atomic E-state index is 0.229. The van der Waals surface area contributed by atoms with Crippen LogP contribution in [0.4, 0.5) is 0 Å². The molecule has 15 heavy (non-hydrogen) atoms. The van der Waals surface area contributed by atoms with E-state index in [1.54, 1.807) is 0 Å². The van der Waals surface area contributed by atoms with Crippen LogP contribution in [0, 0.1) is 0 Å². The molecule has 1 unspecified atom stereocenters. The van der Waals surface area contributed by atoms with Crippen LogP contribution in [0.3, 0.4) is 0 Å². The first-order chi connectivity index (χ1) is 7.25. The van der Waals surface area contributed by atoms with Crippen molar-refractivity contribution >= 4 is 27.0 Å². The molecule has 0 amide bonds. The molecule has 2 aromatic rings. The molecule has 3 nitrogen and oxygen atoms in total. The van der Waals surface area contributed by atoms with E-state index in [4.69, 9.17) is 0 Å². The van der Waals surface area contributed by atoms with Gasteiger partial charge in [0.05, 0.1) is 11.6 Å². The Bertz CT molecular complexity index is 521. The quantitative estimate of drug-likeness (QED) is 0.793. The van der Waals surface area contributed by atoms with Gasteiger partial charge in [-0.3, -0.25) is 0 Å². The first-order valence-electron chi connectivity index (χ1n) is 5.07.